The third-order valence-corrected chi connectivity index (χ3v) is 12.3. The molecule has 2 heterocycles. The maximum absolute atomic E-state index is 13.0. The van der Waals surface area contributed by atoms with Crippen LogP contribution in [-0.4, -0.2) is 157 Å². The summed E-state index contributed by atoms with van der Waals surface area (Å²) in [6.45, 7) is 25.9. The third-order valence-electron chi connectivity index (χ3n) is 12.3. The van der Waals surface area contributed by atoms with Gasteiger partial charge in [-0.05, 0) is 102 Å². The molecule has 0 aliphatic carbocycles. The Hall–Kier alpha value is -8.52. The summed E-state index contributed by atoms with van der Waals surface area (Å²) in [5, 5.41) is 51.0. The summed E-state index contributed by atoms with van der Waals surface area (Å²) in [6.07, 6.45) is 0.816. The SMILES string of the molecule is CC(C)[C@@H](NC(=O)OC(C)(C)C)C(=O)O.COC(=O)[C@H](Cc1ccc(-c2c(OC)cnn(C)c2=O)cc1)NC(=O)[C@H](NC(=O)OC(C)(C)C)C(C)C.COc1cnn(C)c(=O)c1-c1ccc(C[C@H](NC(=O)[C@H](NC(=O)OC(C)(C)C)C(C)C)C(=O)O)cc1.OO.[H-].[Li+]. The fourth-order valence-electron chi connectivity index (χ4n) is 7.92. The first kappa shape index (κ1) is 82.5. The number of hydrogen-bond acceptors (Lipinski definition) is 20. The van der Waals surface area contributed by atoms with Gasteiger partial charge in [0.15, 0.2) is 11.5 Å². The van der Waals surface area contributed by atoms with Gasteiger partial charge in [0.25, 0.3) is 11.1 Å². The van der Waals surface area contributed by atoms with Crippen LogP contribution in [0.5, 0.6) is 11.5 Å². The Balaban J connectivity index is 0. The number of aliphatic carboxylic acids is 2. The van der Waals surface area contributed by atoms with E-state index in [4.69, 9.17) is 44.0 Å². The molecule has 2 aromatic carbocycles. The van der Waals surface area contributed by atoms with Gasteiger partial charge in [-0.3, -0.25) is 29.7 Å². The molecule has 91 heavy (non-hydrogen) atoms. The Kier molecular flexibility index (Phi) is 34.1. The quantitative estimate of drug-likeness (QED) is 0.0190. The number of rotatable bonds is 21. The van der Waals surface area contributed by atoms with Gasteiger partial charge in [-0.25, -0.2) is 38.1 Å². The summed E-state index contributed by atoms with van der Waals surface area (Å²) in [4.78, 5) is 122. The number of nitrogens with zero attached hydrogens (tertiary/aromatic N) is 4. The summed E-state index contributed by atoms with van der Waals surface area (Å²) in [5.74, 6) is -4.22. The zero-order valence-electron chi connectivity index (χ0n) is 56.9. The number of alkyl carbamates (subject to hydrolysis) is 3. The Bertz CT molecular complexity index is 3180. The van der Waals surface area contributed by atoms with Crippen molar-refractivity contribution in [3.63, 3.8) is 0 Å². The van der Waals surface area contributed by atoms with Gasteiger partial charge < -0.3 is 66.6 Å². The van der Waals surface area contributed by atoms with E-state index in [0.717, 1.165) is 0 Å². The van der Waals surface area contributed by atoms with Crippen LogP contribution in [0.2, 0.25) is 0 Å². The molecule has 0 unspecified atom stereocenters. The molecule has 0 saturated heterocycles. The number of carboxylic acid groups (broad SMARTS) is 2. The van der Waals surface area contributed by atoms with Crippen LogP contribution in [0.25, 0.3) is 22.3 Å². The van der Waals surface area contributed by atoms with Crippen molar-refractivity contribution in [2.75, 3.05) is 21.3 Å². The summed E-state index contributed by atoms with van der Waals surface area (Å²) in [7, 11) is 7.21. The zero-order valence-corrected chi connectivity index (χ0v) is 55.9. The van der Waals surface area contributed by atoms with Crippen molar-refractivity contribution in [2.24, 2.45) is 31.8 Å². The Labute approximate surface area is 543 Å². The van der Waals surface area contributed by atoms with E-state index >= 15 is 0 Å². The number of ether oxygens (including phenoxy) is 6. The molecule has 0 spiro atoms. The molecule has 29 nitrogen and oxygen atoms in total. The van der Waals surface area contributed by atoms with Crippen molar-refractivity contribution in [1.82, 2.24) is 46.1 Å². The van der Waals surface area contributed by atoms with Gasteiger partial charge in [-0.2, -0.15) is 10.2 Å². The van der Waals surface area contributed by atoms with E-state index in [2.05, 4.69) is 36.8 Å². The maximum atomic E-state index is 13.0. The molecule has 0 radical (unpaired) electrons. The van der Waals surface area contributed by atoms with Crippen LogP contribution in [0.4, 0.5) is 14.4 Å². The molecule has 0 saturated carbocycles. The average molecular weight is 1280 g/mol. The number of nitrogens with one attached hydrogen (secondary N) is 5. The second-order valence-corrected chi connectivity index (χ2v) is 24.3. The van der Waals surface area contributed by atoms with Crippen molar-refractivity contribution >= 4 is 48.0 Å². The molecular weight excluding hydrogens is 1190 g/mol. The molecular formula is C61H92LiN9O20. The smallest absolute Gasteiger partial charge is 1.00 e. The minimum absolute atomic E-state index is 0. The molecule has 4 aromatic rings. The molecule has 502 valence electrons. The van der Waals surface area contributed by atoms with Crippen molar-refractivity contribution in [3.05, 3.63) is 92.8 Å². The number of benzene rings is 2. The predicted octanol–water partition coefficient (Wildman–Crippen LogP) is 3.08. The van der Waals surface area contributed by atoms with Crippen LogP contribution in [0, 0.1) is 17.8 Å². The number of aryl methyl sites for hydroxylation is 2. The fourth-order valence-corrected chi connectivity index (χ4v) is 7.92. The van der Waals surface area contributed by atoms with Crippen LogP contribution in [0.1, 0.15) is 116 Å². The number of carbonyl (C=O) groups is 8. The number of carboxylic acids is 2. The van der Waals surface area contributed by atoms with Crippen LogP contribution < -0.4 is 66.0 Å². The fraction of sp³-hybridized carbons (Fsp3) is 0.541. The second-order valence-electron chi connectivity index (χ2n) is 24.3. The Morgan fingerprint density at radius 3 is 1.05 bits per heavy atom. The number of esters is 1. The molecule has 0 aliphatic heterocycles. The summed E-state index contributed by atoms with van der Waals surface area (Å²) < 4.78 is 33.3. The van der Waals surface area contributed by atoms with Gasteiger partial charge in [-0.1, -0.05) is 90.1 Å². The van der Waals surface area contributed by atoms with Crippen LogP contribution in [0.15, 0.2) is 70.5 Å². The molecule has 5 amide bonds. The molecule has 0 fully saturated rings. The van der Waals surface area contributed by atoms with Gasteiger partial charge in [0, 0.05) is 26.9 Å². The summed E-state index contributed by atoms with van der Waals surface area (Å²) in [6, 6.07) is 8.57. The number of aromatic nitrogens is 4. The molecule has 9 N–H and O–H groups in total. The van der Waals surface area contributed by atoms with Crippen molar-refractivity contribution < 1.29 is 108 Å². The average Bonchev–Trinajstić information content (AvgIpc) is 0.878. The van der Waals surface area contributed by atoms with E-state index < -0.39 is 95.0 Å². The van der Waals surface area contributed by atoms with Crippen LogP contribution in [0.3, 0.4) is 0 Å². The number of carbonyl (C=O) groups excluding carboxylic acids is 6. The zero-order chi connectivity index (χ0) is 69.3. The van der Waals surface area contributed by atoms with E-state index in [-0.39, 0.29) is 62.0 Å². The third kappa shape index (κ3) is 28.5. The van der Waals surface area contributed by atoms with Gasteiger partial charge in [0.1, 0.15) is 47.0 Å². The van der Waals surface area contributed by atoms with E-state index in [0.29, 0.717) is 44.9 Å². The Morgan fingerprint density at radius 1 is 0.495 bits per heavy atom. The van der Waals surface area contributed by atoms with E-state index in [1.54, 1.807) is 159 Å². The normalized spacial score (nSPS) is 12.7. The predicted molar refractivity (Wildman–Crippen MR) is 332 cm³/mol. The molecule has 4 rings (SSSR count). The molecule has 5 atom stereocenters. The summed E-state index contributed by atoms with van der Waals surface area (Å²) in [5.41, 5.74) is 0.469. The van der Waals surface area contributed by atoms with Crippen molar-refractivity contribution in [3.8, 4) is 33.8 Å². The van der Waals surface area contributed by atoms with Gasteiger partial charge in [0.2, 0.25) is 11.8 Å². The van der Waals surface area contributed by atoms with Crippen molar-refractivity contribution in [2.45, 2.75) is 164 Å². The minimum atomic E-state index is -1.24. The van der Waals surface area contributed by atoms with Gasteiger partial charge in [0.05, 0.1) is 44.8 Å². The first-order valence-electron chi connectivity index (χ1n) is 28.4. The van der Waals surface area contributed by atoms with Crippen LogP contribution in [-0.2, 0) is 69.9 Å². The monoisotopic (exact) mass is 1280 g/mol. The van der Waals surface area contributed by atoms with E-state index in [1.807, 2.05) is 0 Å². The maximum Gasteiger partial charge on any atom is 1.00 e. The molecule has 30 heteroatoms. The van der Waals surface area contributed by atoms with Gasteiger partial charge in [-0.15, -0.1) is 0 Å². The number of hydrogen-bond donors (Lipinski definition) is 9. The van der Waals surface area contributed by atoms with E-state index in [9.17, 15) is 53.1 Å². The topological polar surface area (TPSA) is 403 Å². The largest absolute Gasteiger partial charge is 1.00 e. The molecule has 0 bridgehead atoms. The van der Waals surface area contributed by atoms with Gasteiger partial charge >= 0.3 is 55.0 Å². The van der Waals surface area contributed by atoms with Crippen molar-refractivity contribution in [1.29, 1.82) is 0 Å². The number of methoxy groups -OCH3 is 3. The molecule has 2 aromatic heterocycles. The molecule has 0 aliphatic rings. The minimum Gasteiger partial charge on any atom is -1.00 e. The second kappa shape index (κ2) is 37.6. The summed E-state index contributed by atoms with van der Waals surface area (Å²) >= 11 is 0. The number of amides is 5. The Morgan fingerprint density at radius 2 is 0.791 bits per heavy atom. The standard InChI is InChI=1S/C26H36N4O7.C25H34N4O7.C10H19NO4.Li.H2O2.H/c1-15(2)21(29-25(34)37-26(3,4)5)22(31)28-18(24(33)36-8)13-16-9-11-17(12-10-16)20-19(35-7)14-27-30(6)23(20)32;1-14(2)20(28-24(34)36-25(3,4)5)21(30)27-17(23(32)33)12-15-8-10-16(11-9-15)19-18(35-7)13-26-29(6)22(19)31;1-6(2)7(8(12)13)11-9(14)15-10(3,4)5;;1-2;/h9-12,14-15,18,21H,13H2,1-8H3,(H,28,31)(H,29,34);8-11,13-14,17,20H,12H2,1-7H3,(H,27,30)(H,28,34)(H,32,33);6-7H,1-5H3,(H,11,14)(H,12,13);;1-2H;/q;;;+1;;-1/t18-,21+;17-,20+;7-;;;/m001.../s1. The first-order valence-corrected chi connectivity index (χ1v) is 28.4. The van der Waals surface area contributed by atoms with E-state index in [1.165, 1.54) is 50.1 Å². The first-order chi connectivity index (χ1) is 41.6. The van der Waals surface area contributed by atoms with Crippen LogP contribution >= 0.6 is 0 Å².